The summed E-state index contributed by atoms with van der Waals surface area (Å²) in [5.74, 6) is 0. The number of hydrogen-bond acceptors (Lipinski definition) is 4. The molecule has 170 valence electrons. The summed E-state index contributed by atoms with van der Waals surface area (Å²) in [6.07, 6.45) is 1.61. The lowest BCUT2D eigenvalue weighted by atomic mass is 10.1. The molecule has 2 amide bonds. The van der Waals surface area contributed by atoms with E-state index in [1.54, 1.807) is 49.5 Å². The highest BCUT2D eigenvalue weighted by atomic mass is 35.5. The van der Waals surface area contributed by atoms with Crippen LogP contribution in [0.1, 0.15) is 18.5 Å². The van der Waals surface area contributed by atoms with Gasteiger partial charge in [-0.1, -0.05) is 35.3 Å². The Kier molecular flexibility index (Phi) is 6.46. The zero-order valence-corrected chi connectivity index (χ0v) is 19.6. The van der Waals surface area contributed by atoms with Gasteiger partial charge in [0.25, 0.3) is 10.0 Å². The van der Waals surface area contributed by atoms with Crippen LogP contribution in [0.4, 0.5) is 16.2 Å². The van der Waals surface area contributed by atoms with Crippen molar-refractivity contribution >= 4 is 61.5 Å². The lowest BCUT2D eigenvalue weighted by Gasteiger charge is -2.17. The van der Waals surface area contributed by atoms with Gasteiger partial charge in [0.1, 0.15) is 0 Å². The number of anilines is 2. The molecule has 11 heteroatoms. The molecule has 0 saturated carbocycles. The van der Waals surface area contributed by atoms with Crippen molar-refractivity contribution in [1.29, 1.82) is 0 Å². The smallest absolute Gasteiger partial charge is 0.319 e. The first-order valence-electron chi connectivity index (χ1n) is 9.80. The minimum absolute atomic E-state index is 0.0554. The molecule has 0 fully saturated rings. The Hall–Kier alpha value is -3.27. The van der Waals surface area contributed by atoms with Gasteiger partial charge in [0, 0.05) is 16.8 Å². The average molecular weight is 504 g/mol. The number of aromatic amines is 1. The van der Waals surface area contributed by atoms with Crippen LogP contribution in [0.3, 0.4) is 0 Å². The van der Waals surface area contributed by atoms with Crippen LogP contribution in [0.25, 0.3) is 10.9 Å². The second kappa shape index (κ2) is 9.30. The van der Waals surface area contributed by atoms with Crippen molar-refractivity contribution < 1.29 is 13.2 Å². The number of carbonyl (C=O) groups is 1. The molecule has 0 aliphatic carbocycles. The molecule has 1 atom stereocenters. The van der Waals surface area contributed by atoms with Crippen LogP contribution in [0.5, 0.6) is 0 Å². The number of nitrogens with one attached hydrogen (secondary N) is 4. The Morgan fingerprint density at radius 2 is 1.76 bits per heavy atom. The highest BCUT2D eigenvalue weighted by Gasteiger charge is 2.16. The number of H-pyrrole nitrogens is 1. The first kappa shape index (κ1) is 22.9. The fraction of sp³-hybridized carbons (Fsp3) is 0.0909. The van der Waals surface area contributed by atoms with Crippen molar-refractivity contribution in [2.75, 3.05) is 10.0 Å². The molecule has 0 radical (unpaired) electrons. The molecule has 33 heavy (non-hydrogen) atoms. The van der Waals surface area contributed by atoms with E-state index in [0.29, 0.717) is 27.0 Å². The third-order valence-corrected chi connectivity index (χ3v) is 7.14. The zero-order chi connectivity index (χ0) is 23.6. The van der Waals surface area contributed by atoms with E-state index in [1.807, 2.05) is 0 Å². The van der Waals surface area contributed by atoms with E-state index in [-0.39, 0.29) is 4.90 Å². The molecule has 3 aromatic carbocycles. The summed E-state index contributed by atoms with van der Waals surface area (Å²) < 4.78 is 28.0. The molecule has 1 aromatic heterocycles. The lowest BCUT2D eigenvalue weighted by Crippen LogP contribution is -2.31. The van der Waals surface area contributed by atoms with Gasteiger partial charge in [-0.25, -0.2) is 13.2 Å². The predicted octanol–water partition coefficient (Wildman–Crippen LogP) is 5.55. The van der Waals surface area contributed by atoms with E-state index in [0.717, 1.165) is 10.9 Å². The maximum absolute atomic E-state index is 12.7. The van der Waals surface area contributed by atoms with Gasteiger partial charge in [0.05, 0.1) is 32.7 Å². The standard InChI is InChI=1S/C22H19Cl2N5O3S/c1-13(18-3-2-4-19(23)21(18)24)26-22(30)27-15-5-8-17(9-6-15)33(31,32)29-16-7-10-20-14(11-16)12-25-28-20/h2-13,29H,1H3,(H,25,28)(H2,26,27,30). The van der Waals surface area contributed by atoms with Gasteiger partial charge in [-0.05, 0) is 61.0 Å². The summed E-state index contributed by atoms with van der Waals surface area (Å²) in [5.41, 5.74) is 2.33. The first-order valence-corrected chi connectivity index (χ1v) is 12.0. The normalized spacial score (nSPS) is 12.3. The highest BCUT2D eigenvalue weighted by molar-refractivity contribution is 7.92. The number of rotatable bonds is 6. The van der Waals surface area contributed by atoms with Gasteiger partial charge < -0.3 is 10.6 Å². The van der Waals surface area contributed by atoms with Crippen LogP contribution in [-0.4, -0.2) is 24.6 Å². The quantitative estimate of drug-likeness (QED) is 0.275. The van der Waals surface area contributed by atoms with Crippen LogP contribution >= 0.6 is 23.2 Å². The van der Waals surface area contributed by atoms with Crippen LogP contribution in [0, 0.1) is 0 Å². The number of aromatic nitrogens is 2. The molecule has 4 rings (SSSR count). The molecule has 0 aliphatic rings. The van der Waals surface area contributed by atoms with Crippen molar-refractivity contribution in [3.05, 3.63) is 82.5 Å². The van der Waals surface area contributed by atoms with Crippen LogP contribution in [0.2, 0.25) is 10.0 Å². The van der Waals surface area contributed by atoms with Crippen molar-refractivity contribution in [2.24, 2.45) is 0 Å². The molecule has 0 aliphatic heterocycles. The number of sulfonamides is 1. The van der Waals surface area contributed by atoms with E-state index < -0.39 is 22.1 Å². The summed E-state index contributed by atoms with van der Waals surface area (Å²) in [4.78, 5) is 12.4. The first-order chi connectivity index (χ1) is 15.7. The lowest BCUT2D eigenvalue weighted by molar-refractivity contribution is 0.249. The van der Waals surface area contributed by atoms with Crippen molar-refractivity contribution in [3.63, 3.8) is 0 Å². The summed E-state index contributed by atoms with van der Waals surface area (Å²) >= 11 is 12.2. The summed E-state index contributed by atoms with van der Waals surface area (Å²) in [7, 11) is -3.81. The Labute approximate surface area is 200 Å². The van der Waals surface area contributed by atoms with Crippen molar-refractivity contribution in [3.8, 4) is 0 Å². The number of hydrogen-bond donors (Lipinski definition) is 4. The highest BCUT2D eigenvalue weighted by Crippen LogP contribution is 2.29. The maximum atomic E-state index is 12.7. The Morgan fingerprint density at radius 1 is 1.03 bits per heavy atom. The third-order valence-electron chi connectivity index (χ3n) is 4.91. The van der Waals surface area contributed by atoms with Gasteiger partial charge >= 0.3 is 6.03 Å². The summed E-state index contributed by atoms with van der Waals surface area (Å²) in [5, 5.41) is 13.7. The Morgan fingerprint density at radius 3 is 2.52 bits per heavy atom. The fourth-order valence-electron chi connectivity index (χ4n) is 3.23. The van der Waals surface area contributed by atoms with Gasteiger partial charge in [0.15, 0.2) is 0 Å². The molecule has 4 N–H and O–H groups in total. The molecule has 1 heterocycles. The second-order valence-electron chi connectivity index (χ2n) is 7.27. The van der Waals surface area contributed by atoms with Gasteiger partial charge in [0.2, 0.25) is 0 Å². The summed E-state index contributed by atoms with van der Waals surface area (Å²) in [6, 6.07) is 15.2. The van der Waals surface area contributed by atoms with E-state index in [2.05, 4.69) is 25.6 Å². The number of halogens is 2. The zero-order valence-electron chi connectivity index (χ0n) is 17.3. The number of fused-ring (bicyclic) bond motifs is 1. The molecule has 8 nitrogen and oxygen atoms in total. The Balaban J connectivity index is 1.40. The number of amides is 2. The number of benzene rings is 3. The second-order valence-corrected chi connectivity index (χ2v) is 9.73. The molecule has 0 spiro atoms. The SMILES string of the molecule is CC(NC(=O)Nc1ccc(S(=O)(=O)Nc2ccc3[nH]ncc3c2)cc1)c1cccc(Cl)c1Cl. The van der Waals surface area contributed by atoms with Crippen molar-refractivity contribution in [1.82, 2.24) is 15.5 Å². The van der Waals surface area contributed by atoms with E-state index in [1.165, 1.54) is 24.3 Å². The number of nitrogens with zero attached hydrogens (tertiary/aromatic N) is 1. The van der Waals surface area contributed by atoms with Crippen LogP contribution < -0.4 is 15.4 Å². The average Bonchev–Trinajstić information content (AvgIpc) is 3.23. The molecule has 0 saturated heterocycles. The van der Waals surface area contributed by atoms with E-state index in [9.17, 15) is 13.2 Å². The van der Waals surface area contributed by atoms with Crippen LogP contribution in [-0.2, 0) is 10.0 Å². The van der Waals surface area contributed by atoms with Crippen LogP contribution in [0.15, 0.2) is 71.8 Å². The minimum Gasteiger partial charge on any atom is -0.331 e. The number of carbonyl (C=O) groups excluding carboxylic acids is 1. The predicted molar refractivity (Wildman–Crippen MR) is 130 cm³/mol. The molecule has 0 bridgehead atoms. The third kappa shape index (κ3) is 5.22. The topological polar surface area (TPSA) is 116 Å². The minimum atomic E-state index is -3.81. The maximum Gasteiger partial charge on any atom is 0.319 e. The number of urea groups is 1. The largest absolute Gasteiger partial charge is 0.331 e. The van der Waals surface area contributed by atoms with Gasteiger partial charge in [-0.3, -0.25) is 9.82 Å². The Bertz CT molecular complexity index is 1420. The molecule has 1 unspecified atom stereocenters. The molecular weight excluding hydrogens is 485 g/mol. The molecular formula is C22H19Cl2N5O3S. The summed E-state index contributed by atoms with van der Waals surface area (Å²) in [6.45, 7) is 1.78. The van der Waals surface area contributed by atoms with Gasteiger partial charge in [-0.15, -0.1) is 0 Å². The monoisotopic (exact) mass is 503 g/mol. The van der Waals surface area contributed by atoms with Gasteiger partial charge in [-0.2, -0.15) is 5.10 Å². The fourth-order valence-corrected chi connectivity index (χ4v) is 4.76. The van der Waals surface area contributed by atoms with Crippen molar-refractivity contribution in [2.45, 2.75) is 17.9 Å². The molecule has 4 aromatic rings. The van der Waals surface area contributed by atoms with E-state index >= 15 is 0 Å². The van der Waals surface area contributed by atoms with E-state index in [4.69, 9.17) is 23.2 Å².